The SMILES string of the molecule is NC1CC1c1ccccc1.[Cl-].[H+]. The molecule has 1 nitrogen and oxygen atoms in total. The first-order chi connectivity index (χ1) is 4.88. The van der Waals surface area contributed by atoms with Crippen LogP contribution in [0.4, 0.5) is 0 Å². The number of hydrogen-bond acceptors (Lipinski definition) is 1. The highest BCUT2D eigenvalue weighted by molar-refractivity contribution is 5.26. The molecule has 0 radical (unpaired) electrons. The Labute approximate surface area is 74.5 Å². The Morgan fingerprint density at radius 1 is 1.27 bits per heavy atom. The van der Waals surface area contributed by atoms with Crippen molar-refractivity contribution in [2.75, 3.05) is 0 Å². The van der Waals surface area contributed by atoms with Gasteiger partial charge in [0.1, 0.15) is 0 Å². The van der Waals surface area contributed by atoms with Gasteiger partial charge in [0, 0.05) is 12.0 Å². The molecule has 1 aromatic carbocycles. The van der Waals surface area contributed by atoms with Crippen molar-refractivity contribution < 1.29 is 13.8 Å². The van der Waals surface area contributed by atoms with Crippen LogP contribution in [0.1, 0.15) is 19.3 Å². The van der Waals surface area contributed by atoms with E-state index >= 15 is 0 Å². The third-order valence-corrected chi connectivity index (χ3v) is 2.07. The number of benzene rings is 1. The lowest BCUT2D eigenvalue weighted by molar-refractivity contribution is -0.00000213. The van der Waals surface area contributed by atoms with Crippen LogP contribution in [0.15, 0.2) is 30.3 Å². The van der Waals surface area contributed by atoms with Gasteiger partial charge >= 0.3 is 1.43 Å². The number of rotatable bonds is 1. The average molecular weight is 170 g/mol. The van der Waals surface area contributed by atoms with Crippen LogP contribution in [0.3, 0.4) is 0 Å². The van der Waals surface area contributed by atoms with Crippen molar-refractivity contribution in [2.45, 2.75) is 18.4 Å². The van der Waals surface area contributed by atoms with Gasteiger partial charge in [-0.15, -0.1) is 0 Å². The summed E-state index contributed by atoms with van der Waals surface area (Å²) in [5.74, 6) is 0.654. The maximum absolute atomic E-state index is 5.70. The van der Waals surface area contributed by atoms with Gasteiger partial charge in [-0.2, -0.15) is 0 Å². The Hall–Kier alpha value is -0.530. The van der Waals surface area contributed by atoms with E-state index in [0.29, 0.717) is 12.0 Å². The predicted octanol–water partition coefficient (Wildman–Crippen LogP) is -1.38. The van der Waals surface area contributed by atoms with Gasteiger partial charge in [0.05, 0.1) is 0 Å². The minimum Gasteiger partial charge on any atom is -1.00 e. The normalized spacial score (nSPS) is 27.4. The van der Waals surface area contributed by atoms with Crippen molar-refractivity contribution in [2.24, 2.45) is 5.73 Å². The summed E-state index contributed by atoms with van der Waals surface area (Å²) in [6.07, 6.45) is 1.17. The summed E-state index contributed by atoms with van der Waals surface area (Å²) in [7, 11) is 0. The molecule has 1 fully saturated rings. The highest BCUT2D eigenvalue weighted by atomic mass is 35.5. The number of nitrogens with two attached hydrogens (primary N) is 1. The summed E-state index contributed by atoms with van der Waals surface area (Å²) in [5, 5.41) is 0. The molecule has 0 aromatic heterocycles. The van der Waals surface area contributed by atoms with E-state index in [9.17, 15) is 0 Å². The van der Waals surface area contributed by atoms with Gasteiger partial charge in [0.15, 0.2) is 0 Å². The number of hydrogen-bond donors (Lipinski definition) is 1. The standard InChI is InChI=1S/C9H11N.ClH/c10-9-6-8(9)7-4-2-1-3-5-7;/h1-5,8-9H,6,10H2;1H. The summed E-state index contributed by atoms with van der Waals surface area (Å²) in [6.45, 7) is 0. The second-order valence-electron chi connectivity index (χ2n) is 2.92. The van der Waals surface area contributed by atoms with Crippen molar-refractivity contribution >= 4 is 0 Å². The topological polar surface area (TPSA) is 26.0 Å². The van der Waals surface area contributed by atoms with Gasteiger partial charge in [-0.1, -0.05) is 30.3 Å². The van der Waals surface area contributed by atoms with E-state index in [4.69, 9.17) is 5.73 Å². The van der Waals surface area contributed by atoms with Crippen LogP contribution >= 0.6 is 0 Å². The smallest absolute Gasteiger partial charge is 1.00 e. The maximum Gasteiger partial charge on any atom is 1.00 e. The van der Waals surface area contributed by atoms with Crippen LogP contribution < -0.4 is 18.1 Å². The first-order valence-electron chi connectivity index (χ1n) is 3.68. The Morgan fingerprint density at radius 2 is 1.82 bits per heavy atom. The Balaban J connectivity index is 0.000000605. The lowest BCUT2D eigenvalue weighted by Crippen LogP contribution is -3.00. The molecule has 2 unspecified atom stereocenters. The Bertz CT molecular complexity index is 227. The predicted molar refractivity (Wildman–Crippen MR) is 42.9 cm³/mol. The molecule has 0 heterocycles. The van der Waals surface area contributed by atoms with E-state index in [0.717, 1.165) is 0 Å². The van der Waals surface area contributed by atoms with Crippen molar-refractivity contribution in [1.29, 1.82) is 0 Å². The quantitative estimate of drug-likeness (QED) is 0.551. The molecule has 0 spiro atoms. The summed E-state index contributed by atoms with van der Waals surface area (Å²) < 4.78 is 0. The zero-order valence-corrected chi connectivity index (χ0v) is 6.96. The molecular weight excluding hydrogens is 158 g/mol. The monoisotopic (exact) mass is 169 g/mol. The minimum atomic E-state index is 0. The minimum absolute atomic E-state index is 0. The number of halogens is 1. The molecule has 0 aliphatic heterocycles. The molecule has 0 amide bonds. The third-order valence-electron chi connectivity index (χ3n) is 2.07. The molecule has 2 atom stereocenters. The molecule has 60 valence electrons. The molecule has 0 bridgehead atoms. The van der Waals surface area contributed by atoms with E-state index in [1.807, 2.05) is 6.07 Å². The Kier molecular flexibility index (Phi) is 2.53. The van der Waals surface area contributed by atoms with Crippen LogP contribution in [0.25, 0.3) is 0 Å². The summed E-state index contributed by atoms with van der Waals surface area (Å²) in [6, 6.07) is 10.9. The molecule has 11 heavy (non-hydrogen) atoms. The van der Waals surface area contributed by atoms with E-state index < -0.39 is 0 Å². The molecule has 2 N–H and O–H groups in total. The van der Waals surface area contributed by atoms with Gasteiger partial charge < -0.3 is 18.1 Å². The van der Waals surface area contributed by atoms with Crippen molar-refractivity contribution in [3.63, 3.8) is 0 Å². The van der Waals surface area contributed by atoms with Crippen LogP contribution in [0.5, 0.6) is 0 Å². The lowest BCUT2D eigenvalue weighted by atomic mass is 10.1. The van der Waals surface area contributed by atoms with Crippen LogP contribution in [0.2, 0.25) is 0 Å². The van der Waals surface area contributed by atoms with Crippen molar-refractivity contribution in [3.05, 3.63) is 35.9 Å². The summed E-state index contributed by atoms with van der Waals surface area (Å²) in [4.78, 5) is 0. The van der Waals surface area contributed by atoms with Crippen LogP contribution in [0, 0.1) is 0 Å². The molecule has 1 saturated carbocycles. The second kappa shape index (κ2) is 3.24. The molecular formula is C9H12ClN. The van der Waals surface area contributed by atoms with Crippen LogP contribution in [-0.4, -0.2) is 6.04 Å². The van der Waals surface area contributed by atoms with Gasteiger partial charge in [0.2, 0.25) is 0 Å². The van der Waals surface area contributed by atoms with Crippen molar-refractivity contribution in [1.82, 2.24) is 0 Å². The summed E-state index contributed by atoms with van der Waals surface area (Å²) in [5.41, 5.74) is 7.10. The first kappa shape index (κ1) is 8.57. The zero-order valence-electron chi connectivity index (χ0n) is 7.20. The van der Waals surface area contributed by atoms with E-state index in [1.54, 1.807) is 0 Å². The van der Waals surface area contributed by atoms with E-state index in [1.165, 1.54) is 12.0 Å². The molecule has 1 aromatic rings. The molecule has 0 saturated heterocycles. The van der Waals surface area contributed by atoms with Gasteiger partial charge in [-0.25, -0.2) is 0 Å². The van der Waals surface area contributed by atoms with Gasteiger partial charge in [0.25, 0.3) is 0 Å². The van der Waals surface area contributed by atoms with Crippen molar-refractivity contribution in [3.8, 4) is 0 Å². The summed E-state index contributed by atoms with van der Waals surface area (Å²) >= 11 is 0. The second-order valence-corrected chi connectivity index (χ2v) is 2.92. The molecule has 2 heteroatoms. The largest absolute Gasteiger partial charge is 1.00 e. The zero-order chi connectivity index (χ0) is 6.97. The molecule has 1 aliphatic rings. The third kappa shape index (κ3) is 1.73. The van der Waals surface area contributed by atoms with E-state index in [2.05, 4.69) is 24.3 Å². The van der Waals surface area contributed by atoms with Gasteiger partial charge in [-0.05, 0) is 12.0 Å². The van der Waals surface area contributed by atoms with Crippen LogP contribution in [-0.2, 0) is 0 Å². The maximum atomic E-state index is 5.70. The first-order valence-corrected chi connectivity index (χ1v) is 3.68. The average Bonchev–Trinajstić information content (AvgIpc) is 2.69. The fourth-order valence-electron chi connectivity index (χ4n) is 1.30. The van der Waals surface area contributed by atoms with Gasteiger partial charge in [-0.3, -0.25) is 0 Å². The highest BCUT2D eigenvalue weighted by Crippen LogP contribution is 2.38. The van der Waals surface area contributed by atoms with E-state index in [-0.39, 0.29) is 13.8 Å². The fraction of sp³-hybridized carbons (Fsp3) is 0.333. The highest BCUT2D eigenvalue weighted by Gasteiger charge is 2.34. The Morgan fingerprint density at radius 3 is 2.27 bits per heavy atom. The molecule has 2 rings (SSSR count). The lowest BCUT2D eigenvalue weighted by Gasteiger charge is -1.94. The fourth-order valence-corrected chi connectivity index (χ4v) is 1.30. The molecule has 1 aliphatic carbocycles.